The topological polar surface area (TPSA) is 43.4 Å². The van der Waals surface area contributed by atoms with Crippen LogP contribution in [0, 0.1) is 0 Å². The average molecular weight is 297 g/mol. The molecule has 0 heterocycles. The summed E-state index contributed by atoms with van der Waals surface area (Å²) in [5.74, 6) is 0.426. The Balaban J connectivity index is 1.99. The van der Waals surface area contributed by atoms with Gasteiger partial charge in [-0.25, -0.2) is 8.42 Å². The third kappa shape index (κ3) is 4.58. The molecule has 19 heavy (non-hydrogen) atoms. The number of hydrogen-bond acceptors (Lipinski definition) is 3. The molecule has 0 aliphatic rings. The van der Waals surface area contributed by atoms with E-state index in [9.17, 15) is 8.42 Å². The van der Waals surface area contributed by atoms with Gasteiger partial charge in [-0.15, -0.1) is 0 Å². The average Bonchev–Trinajstić information content (AvgIpc) is 2.39. The minimum atomic E-state index is -3.50. The van der Waals surface area contributed by atoms with Crippen LogP contribution in [0.2, 0.25) is 0 Å². The minimum Gasteiger partial charge on any atom is -0.492 e. The maximum absolute atomic E-state index is 10.7. The van der Waals surface area contributed by atoms with Gasteiger partial charge in [0.2, 0.25) is 9.05 Å². The van der Waals surface area contributed by atoms with Gasteiger partial charge in [0.1, 0.15) is 12.4 Å². The highest BCUT2D eigenvalue weighted by Gasteiger charge is 2.05. The zero-order valence-corrected chi connectivity index (χ0v) is 11.7. The molecule has 5 heteroatoms. The Morgan fingerprint density at radius 1 is 0.895 bits per heavy atom. The van der Waals surface area contributed by atoms with Crippen molar-refractivity contribution in [3.63, 3.8) is 0 Å². The molecule has 0 radical (unpaired) electrons. The van der Waals surface area contributed by atoms with E-state index in [1.54, 1.807) is 0 Å². The van der Waals surface area contributed by atoms with Crippen molar-refractivity contribution >= 4 is 19.7 Å². The predicted molar refractivity (Wildman–Crippen MR) is 77.0 cm³/mol. The fraction of sp³-hybridized carbons (Fsp3) is 0.143. The van der Waals surface area contributed by atoms with Crippen LogP contribution in [0.1, 0.15) is 0 Å². The first kappa shape index (κ1) is 13.9. The Kier molecular flexibility index (Phi) is 4.45. The number of ether oxygens (including phenoxy) is 1. The third-order valence-corrected chi connectivity index (χ3v) is 3.67. The molecule has 0 saturated heterocycles. The third-order valence-electron chi connectivity index (χ3n) is 2.56. The van der Waals surface area contributed by atoms with E-state index in [1.165, 1.54) is 0 Å². The zero-order valence-electron chi connectivity index (χ0n) is 10.1. The zero-order chi connectivity index (χ0) is 13.7. The van der Waals surface area contributed by atoms with Gasteiger partial charge in [-0.3, -0.25) is 0 Å². The van der Waals surface area contributed by atoms with Crippen molar-refractivity contribution in [3.8, 4) is 16.9 Å². The number of rotatable bonds is 5. The SMILES string of the molecule is O=S(=O)(Cl)CCOc1ccc(-c2ccccc2)cc1. The van der Waals surface area contributed by atoms with E-state index in [1.807, 2.05) is 54.6 Å². The molecule has 0 aromatic heterocycles. The van der Waals surface area contributed by atoms with Gasteiger partial charge in [0.15, 0.2) is 0 Å². The molecule has 0 atom stereocenters. The van der Waals surface area contributed by atoms with Crippen molar-refractivity contribution in [3.05, 3.63) is 54.6 Å². The van der Waals surface area contributed by atoms with Gasteiger partial charge >= 0.3 is 0 Å². The fourth-order valence-corrected chi connectivity index (χ4v) is 2.10. The highest BCUT2D eigenvalue weighted by atomic mass is 35.7. The lowest BCUT2D eigenvalue weighted by Gasteiger charge is -2.06. The Morgan fingerprint density at radius 3 is 2.05 bits per heavy atom. The van der Waals surface area contributed by atoms with Gasteiger partial charge in [-0.2, -0.15) is 0 Å². The number of halogens is 1. The predicted octanol–water partition coefficient (Wildman–Crippen LogP) is 3.30. The molecule has 3 nitrogen and oxygen atoms in total. The summed E-state index contributed by atoms with van der Waals surface area (Å²) in [6.45, 7) is 0.0521. The lowest BCUT2D eigenvalue weighted by molar-refractivity contribution is 0.341. The largest absolute Gasteiger partial charge is 0.492 e. The highest BCUT2D eigenvalue weighted by Crippen LogP contribution is 2.22. The van der Waals surface area contributed by atoms with Crippen molar-refractivity contribution in [2.45, 2.75) is 0 Å². The molecule has 0 saturated carbocycles. The molecule has 0 bridgehead atoms. The lowest BCUT2D eigenvalue weighted by atomic mass is 10.1. The van der Waals surface area contributed by atoms with E-state index >= 15 is 0 Å². The van der Waals surface area contributed by atoms with Crippen molar-refractivity contribution in [1.82, 2.24) is 0 Å². The Bertz CT molecular complexity index is 622. The van der Waals surface area contributed by atoms with Crippen molar-refractivity contribution in [1.29, 1.82) is 0 Å². The minimum absolute atomic E-state index is 0.0521. The molecule has 100 valence electrons. The maximum Gasteiger partial charge on any atom is 0.235 e. The molecule has 2 aromatic carbocycles. The van der Waals surface area contributed by atoms with E-state index in [2.05, 4.69) is 0 Å². The quantitative estimate of drug-likeness (QED) is 0.795. The Morgan fingerprint density at radius 2 is 1.47 bits per heavy atom. The first-order valence-electron chi connectivity index (χ1n) is 5.75. The monoisotopic (exact) mass is 296 g/mol. The summed E-state index contributed by atoms with van der Waals surface area (Å²) in [4.78, 5) is 0. The van der Waals surface area contributed by atoms with Gasteiger partial charge < -0.3 is 4.74 Å². The van der Waals surface area contributed by atoms with E-state index in [-0.39, 0.29) is 12.4 Å². The van der Waals surface area contributed by atoms with E-state index in [4.69, 9.17) is 15.4 Å². The van der Waals surface area contributed by atoms with Gasteiger partial charge in [0.05, 0.1) is 5.75 Å². The van der Waals surface area contributed by atoms with Crippen LogP contribution < -0.4 is 4.74 Å². The standard InChI is InChI=1S/C14H13ClO3S/c15-19(16,17)11-10-18-14-8-6-13(7-9-14)12-4-2-1-3-5-12/h1-9H,10-11H2. The van der Waals surface area contributed by atoms with Gasteiger partial charge in [0, 0.05) is 10.7 Å². The van der Waals surface area contributed by atoms with Crippen LogP contribution >= 0.6 is 10.7 Å². The molecule has 0 aliphatic heterocycles. The molecule has 2 rings (SSSR count). The van der Waals surface area contributed by atoms with Gasteiger partial charge in [0.25, 0.3) is 0 Å². The van der Waals surface area contributed by atoms with Crippen molar-refractivity contribution < 1.29 is 13.2 Å². The summed E-state index contributed by atoms with van der Waals surface area (Å²) in [6.07, 6.45) is 0. The first-order chi connectivity index (χ1) is 9.04. The second-order valence-corrected chi connectivity index (χ2v) is 6.88. The normalized spacial score (nSPS) is 11.2. The van der Waals surface area contributed by atoms with E-state index < -0.39 is 9.05 Å². The molecule has 0 aliphatic carbocycles. The van der Waals surface area contributed by atoms with Crippen LogP contribution in [0.4, 0.5) is 0 Å². The summed E-state index contributed by atoms with van der Waals surface area (Å²) >= 11 is 0. The van der Waals surface area contributed by atoms with Gasteiger partial charge in [-0.1, -0.05) is 42.5 Å². The summed E-state index contributed by atoms with van der Waals surface area (Å²) in [5, 5.41) is 0. The molecule has 0 fully saturated rings. The number of hydrogen-bond donors (Lipinski definition) is 0. The van der Waals surface area contributed by atoms with Crippen LogP contribution in [0.15, 0.2) is 54.6 Å². The van der Waals surface area contributed by atoms with Crippen LogP contribution in [0.5, 0.6) is 5.75 Å². The summed E-state index contributed by atoms with van der Waals surface area (Å²) < 4.78 is 26.8. The Labute approximate surface area is 117 Å². The van der Waals surface area contributed by atoms with Crippen molar-refractivity contribution in [2.75, 3.05) is 12.4 Å². The smallest absolute Gasteiger partial charge is 0.235 e. The summed E-state index contributed by atoms with van der Waals surface area (Å²) in [5.41, 5.74) is 2.20. The Hall–Kier alpha value is -1.52. The molecule has 0 amide bonds. The number of benzene rings is 2. The second-order valence-electron chi connectivity index (χ2n) is 3.98. The van der Waals surface area contributed by atoms with E-state index in [0.29, 0.717) is 5.75 Å². The molecular formula is C14H13ClO3S. The maximum atomic E-state index is 10.7. The molecule has 0 unspecified atom stereocenters. The first-order valence-corrected chi connectivity index (χ1v) is 8.23. The lowest BCUT2D eigenvalue weighted by Crippen LogP contribution is -2.08. The van der Waals surface area contributed by atoms with E-state index in [0.717, 1.165) is 11.1 Å². The summed E-state index contributed by atoms with van der Waals surface area (Å²) in [7, 11) is 1.60. The molecular weight excluding hydrogens is 284 g/mol. The second kappa shape index (κ2) is 6.08. The molecule has 0 spiro atoms. The highest BCUT2D eigenvalue weighted by molar-refractivity contribution is 8.13. The van der Waals surface area contributed by atoms with Crippen LogP contribution in [0.25, 0.3) is 11.1 Å². The van der Waals surface area contributed by atoms with Gasteiger partial charge in [-0.05, 0) is 23.3 Å². The van der Waals surface area contributed by atoms with Crippen LogP contribution in [-0.4, -0.2) is 20.8 Å². The molecule has 0 N–H and O–H groups in total. The fourth-order valence-electron chi connectivity index (χ4n) is 1.63. The summed E-state index contributed by atoms with van der Waals surface area (Å²) in [6, 6.07) is 17.4. The van der Waals surface area contributed by atoms with Crippen LogP contribution in [-0.2, 0) is 9.05 Å². The van der Waals surface area contributed by atoms with Crippen molar-refractivity contribution in [2.24, 2.45) is 0 Å². The molecule has 2 aromatic rings. The van der Waals surface area contributed by atoms with Crippen LogP contribution in [0.3, 0.4) is 0 Å².